The van der Waals surface area contributed by atoms with Crippen molar-refractivity contribution in [3.05, 3.63) is 29.8 Å². The van der Waals surface area contributed by atoms with E-state index in [2.05, 4.69) is 5.32 Å². The number of nitrogens with one attached hydrogen (secondary N) is 1. The Kier molecular flexibility index (Phi) is 5.11. The Hall–Kier alpha value is -1.43. The number of amides is 1. The van der Waals surface area contributed by atoms with Gasteiger partial charge in [-0.05, 0) is 24.6 Å². The molecule has 0 fully saturated rings. The van der Waals surface area contributed by atoms with Crippen molar-refractivity contribution in [3.63, 3.8) is 0 Å². The van der Waals surface area contributed by atoms with Crippen LogP contribution in [-0.4, -0.2) is 44.4 Å². The Morgan fingerprint density at radius 2 is 2.25 bits per heavy atom. The minimum Gasteiger partial charge on any atom is -0.391 e. The van der Waals surface area contributed by atoms with Crippen molar-refractivity contribution >= 4 is 11.6 Å². The molecule has 5 nitrogen and oxygen atoms in total. The third-order valence-electron chi connectivity index (χ3n) is 3.65. The molecule has 0 spiro atoms. The van der Waals surface area contributed by atoms with Crippen LogP contribution in [0, 0.1) is 0 Å². The zero-order valence-electron chi connectivity index (χ0n) is 12.0. The second kappa shape index (κ2) is 6.83. The smallest absolute Gasteiger partial charge is 0.228 e. The Morgan fingerprint density at radius 3 is 3.00 bits per heavy atom. The van der Waals surface area contributed by atoms with Gasteiger partial charge in [0, 0.05) is 32.3 Å². The van der Waals surface area contributed by atoms with Gasteiger partial charge in [0.05, 0.1) is 12.7 Å². The Labute approximate surface area is 119 Å². The van der Waals surface area contributed by atoms with Crippen LogP contribution in [0.15, 0.2) is 24.3 Å². The van der Waals surface area contributed by atoms with E-state index in [9.17, 15) is 9.90 Å². The lowest BCUT2D eigenvalue weighted by molar-refractivity contribution is -0.119. The second-order valence-corrected chi connectivity index (χ2v) is 5.12. The summed E-state index contributed by atoms with van der Waals surface area (Å²) >= 11 is 0. The molecule has 0 bridgehead atoms. The van der Waals surface area contributed by atoms with E-state index in [1.807, 2.05) is 24.3 Å². The van der Waals surface area contributed by atoms with Crippen LogP contribution in [-0.2, 0) is 9.53 Å². The van der Waals surface area contributed by atoms with Crippen molar-refractivity contribution < 1.29 is 14.6 Å². The molecule has 0 aliphatic carbocycles. The molecule has 0 saturated carbocycles. The molecule has 2 N–H and O–H groups in total. The molecule has 2 rings (SSSR count). The molecule has 2 atom stereocenters. The quantitative estimate of drug-likeness (QED) is 0.817. The number of hydrogen-bond donors (Lipinski definition) is 2. The van der Waals surface area contributed by atoms with Crippen LogP contribution in [0.5, 0.6) is 0 Å². The first-order chi connectivity index (χ1) is 9.63. The van der Waals surface area contributed by atoms with Gasteiger partial charge in [0.25, 0.3) is 0 Å². The number of hydrogen-bond acceptors (Lipinski definition) is 4. The van der Waals surface area contributed by atoms with E-state index in [0.29, 0.717) is 26.0 Å². The number of ether oxygens (including phenoxy) is 1. The zero-order valence-corrected chi connectivity index (χ0v) is 12.0. The molecule has 2 unspecified atom stereocenters. The second-order valence-electron chi connectivity index (χ2n) is 5.12. The van der Waals surface area contributed by atoms with Gasteiger partial charge in [-0.2, -0.15) is 0 Å². The number of rotatable bonds is 6. The predicted molar refractivity (Wildman–Crippen MR) is 77.7 cm³/mol. The van der Waals surface area contributed by atoms with E-state index in [-0.39, 0.29) is 11.9 Å². The first-order valence-electron chi connectivity index (χ1n) is 6.89. The topological polar surface area (TPSA) is 61.8 Å². The van der Waals surface area contributed by atoms with Gasteiger partial charge in [-0.15, -0.1) is 0 Å². The number of nitrogens with zero attached hydrogens (tertiary/aromatic N) is 1. The molecular weight excluding hydrogens is 256 g/mol. The van der Waals surface area contributed by atoms with Crippen molar-refractivity contribution in [2.45, 2.75) is 25.0 Å². The number of aliphatic hydroxyl groups excluding tert-OH is 1. The number of aliphatic hydroxyl groups is 1. The van der Waals surface area contributed by atoms with Gasteiger partial charge >= 0.3 is 0 Å². The van der Waals surface area contributed by atoms with Crippen LogP contribution in [0.3, 0.4) is 0 Å². The molecule has 0 radical (unpaired) electrons. The van der Waals surface area contributed by atoms with Gasteiger partial charge in [-0.1, -0.05) is 18.2 Å². The van der Waals surface area contributed by atoms with E-state index in [4.69, 9.17) is 4.74 Å². The predicted octanol–water partition coefficient (Wildman–Crippen LogP) is 1.08. The average molecular weight is 278 g/mol. The molecule has 0 aromatic heterocycles. The summed E-state index contributed by atoms with van der Waals surface area (Å²) in [4.78, 5) is 13.7. The lowest BCUT2D eigenvalue weighted by Crippen LogP contribution is -2.38. The van der Waals surface area contributed by atoms with Crippen molar-refractivity contribution in [3.8, 4) is 0 Å². The van der Waals surface area contributed by atoms with Gasteiger partial charge in [0.15, 0.2) is 0 Å². The van der Waals surface area contributed by atoms with Crippen LogP contribution in [0.1, 0.15) is 24.4 Å². The van der Waals surface area contributed by atoms with Gasteiger partial charge < -0.3 is 20.1 Å². The monoisotopic (exact) mass is 278 g/mol. The SMILES string of the molecule is COCC(O)CCNC1CC(=O)N(C)c2ccccc21. The molecule has 20 heavy (non-hydrogen) atoms. The summed E-state index contributed by atoms with van der Waals surface area (Å²) < 4.78 is 4.89. The maximum atomic E-state index is 12.0. The minimum absolute atomic E-state index is 0.0182. The largest absolute Gasteiger partial charge is 0.391 e. The molecule has 1 aliphatic rings. The summed E-state index contributed by atoms with van der Waals surface area (Å²) in [5.74, 6) is 0.110. The summed E-state index contributed by atoms with van der Waals surface area (Å²) in [7, 11) is 3.38. The molecule has 1 aromatic rings. The van der Waals surface area contributed by atoms with Crippen molar-refractivity contribution in [2.24, 2.45) is 0 Å². The molecule has 1 aliphatic heterocycles. The number of para-hydroxylation sites is 1. The molecule has 5 heteroatoms. The van der Waals surface area contributed by atoms with Crippen molar-refractivity contribution in [1.82, 2.24) is 5.32 Å². The fraction of sp³-hybridized carbons (Fsp3) is 0.533. The number of methoxy groups -OCH3 is 1. The van der Waals surface area contributed by atoms with E-state index < -0.39 is 6.10 Å². The standard InChI is InChI=1S/C15H22N2O3/c1-17-14-6-4-3-5-12(14)13(9-15(17)19)16-8-7-11(18)10-20-2/h3-6,11,13,16,18H,7-10H2,1-2H3. The lowest BCUT2D eigenvalue weighted by Gasteiger charge is -2.32. The molecule has 1 aromatic carbocycles. The summed E-state index contributed by atoms with van der Waals surface area (Å²) in [6, 6.07) is 7.94. The number of carbonyl (C=O) groups is 1. The van der Waals surface area contributed by atoms with Crippen LogP contribution < -0.4 is 10.2 Å². The third-order valence-corrected chi connectivity index (χ3v) is 3.65. The fourth-order valence-electron chi connectivity index (χ4n) is 2.53. The minimum atomic E-state index is -0.468. The number of fused-ring (bicyclic) bond motifs is 1. The van der Waals surface area contributed by atoms with Crippen LogP contribution in [0.2, 0.25) is 0 Å². The van der Waals surface area contributed by atoms with Gasteiger partial charge in [-0.25, -0.2) is 0 Å². The van der Waals surface area contributed by atoms with E-state index in [1.165, 1.54) is 0 Å². The first kappa shape index (κ1) is 15.0. The molecule has 1 amide bonds. The number of carbonyl (C=O) groups excluding carboxylic acids is 1. The molecule has 1 heterocycles. The summed E-state index contributed by atoms with van der Waals surface area (Å²) in [5, 5.41) is 13.0. The van der Waals surface area contributed by atoms with Crippen molar-refractivity contribution in [1.29, 1.82) is 0 Å². The van der Waals surface area contributed by atoms with Gasteiger partial charge in [0.2, 0.25) is 5.91 Å². The van der Waals surface area contributed by atoms with Crippen molar-refractivity contribution in [2.75, 3.05) is 32.2 Å². The molecule has 0 saturated heterocycles. The highest BCUT2D eigenvalue weighted by Crippen LogP contribution is 2.33. The Balaban J connectivity index is 1.99. The highest BCUT2D eigenvalue weighted by molar-refractivity contribution is 5.96. The van der Waals surface area contributed by atoms with E-state index in [1.54, 1.807) is 19.1 Å². The lowest BCUT2D eigenvalue weighted by atomic mass is 9.96. The first-order valence-corrected chi connectivity index (χ1v) is 6.89. The normalized spacial score (nSPS) is 19.9. The van der Waals surface area contributed by atoms with Gasteiger partial charge in [-0.3, -0.25) is 4.79 Å². The average Bonchev–Trinajstić information content (AvgIpc) is 2.44. The maximum absolute atomic E-state index is 12.0. The summed E-state index contributed by atoms with van der Waals surface area (Å²) in [6.07, 6.45) is 0.592. The highest BCUT2D eigenvalue weighted by atomic mass is 16.5. The molecular formula is C15H22N2O3. The van der Waals surface area contributed by atoms with Crippen LogP contribution >= 0.6 is 0 Å². The maximum Gasteiger partial charge on any atom is 0.228 e. The summed E-state index contributed by atoms with van der Waals surface area (Å²) in [6.45, 7) is 0.991. The Bertz CT molecular complexity index is 464. The zero-order chi connectivity index (χ0) is 14.5. The summed E-state index contributed by atoms with van der Waals surface area (Å²) in [5.41, 5.74) is 2.09. The van der Waals surface area contributed by atoms with Crippen LogP contribution in [0.25, 0.3) is 0 Å². The van der Waals surface area contributed by atoms with Gasteiger partial charge in [0.1, 0.15) is 0 Å². The third kappa shape index (κ3) is 3.36. The Morgan fingerprint density at radius 1 is 1.50 bits per heavy atom. The molecule has 110 valence electrons. The van der Waals surface area contributed by atoms with E-state index in [0.717, 1.165) is 11.3 Å². The highest BCUT2D eigenvalue weighted by Gasteiger charge is 2.28. The van der Waals surface area contributed by atoms with Crippen LogP contribution in [0.4, 0.5) is 5.69 Å². The number of anilines is 1. The number of benzene rings is 1. The fourth-order valence-corrected chi connectivity index (χ4v) is 2.53. The van der Waals surface area contributed by atoms with E-state index >= 15 is 0 Å².